The maximum atomic E-state index is 11.2. The molecular weight excluding hydrogens is 324 g/mol. The number of urea groups is 1. The molecule has 10 nitrogen and oxygen atoms in total. The number of aliphatic carboxylic acids is 2. The van der Waals surface area contributed by atoms with E-state index in [9.17, 15) is 24.3 Å². The number of rotatable bonds is 8. The molecule has 0 spiro atoms. The number of nitrogens with zero attached hydrogens (tertiary/aromatic N) is 1. The predicted molar refractivity (Wildman–Crippen MR) is 83.0 cm³/mol. The second kappa shape index (κ2) is 12.9. The monoisotopic (exact) mass is 348 g/mol. The first-order chi connectivity index (χ1) is 11.0. The molecule has 0 bridgehead atoms. The zero-order valence-corrected chi connectivity index (χ0v) is 13.8. The molecule has 0 saturated carbocycles. The van der Waals surface area contributed by atoms with E-state index in [1.165, 1.54) is 7.05 Å². The molecule has 0 aromatic heterocycles. The highest BCUT2D eigenvalue weighted by Crippen LogP contribution is 2.00. The third-order valence-electron chi connectivity index (χ3n) is 2.21. The highest BCUT2D eigenvalue weighted by Gasteiger charge is 2.16. The number of carboxylic acid groups (broad SMARTS) is 2. The van der Waals surface area contributed by atoms with E-state index in [1.807, 2.05) is 13.8 Å². The van der Waals surface area contributed by atoms with Crippen LogP contribution in [0.25, 0.3) is 0 Å². The van der Waals surface area contributed by atoms with Gasteiger partial charge in [0, 0.05) is 25.7 Å². The molecule has 5 N–H and O–H groups in total. The minimum atomic E-state index is -1.26. The topological polar surface area (TPSA) is 167 Å². The van der Waals surface area contributed by atoms with Gasteiger partial charge in [0.1, 0.15) is 0 Å². The van der Waals surface area contributed by atoms with Gasteiger partial charge < -0.3 is 30.7 Å². The van der Waals surface area contributed by atoms with E-state index in [0.29, 0.717) is 18.8 Å². The minimum absolute atomic E-state index is 0.0200. The van der Waals surface area contributed by atoms with Crippen molar-refractivity contribution in [3.05, 3.63) is 12.2 Å². The Bertz CT molecular complexity index is 446. The van der Waals surface area contributed by atoms with E-state index in [-0.39, 0.29) is 18.9 Å². The lowest BCUT2D eigenvalue weighted by molar-refractivity contribution is -0.147. The van der Waals surface area contributed by atoms with Gasteiger partial charge in [-0.1, -0.05) is 13.8 Å². The Balaban J connectivity index is 0. The van der Waals surface area contributed by atoms with E-state index in [0.717, 1.165) is 4.90 Å². The number of esters is 1. The Morgan fingerprint density at radius 2 is 1.58 bits per heavy atom. The summed E-state index contributed by atoms with van der Waals surface area (Å²) in [6, 6.07) is -0.644. The van der Waals surface area contributed by atoms with Crippen molar-refractivity contribution in [2.45, 2.75) is 26.4 Å². The van der Waals surface area contributed by atoms with Gasteiger partial charge in [0.25, 0.3) is 0 Å². The Labute approximate surface area is 139 Å². The number of hydrogen-bond donors (Lipinski definition) is 4. The average molecular weight is 348 g/mol. The fraction of sp³-hybridized carbons (Fsp3) is 0.571. The number of hydrogen-bond acceptors (Lipinski definition) is 6. The Morgan fingerprint density at radius 1 is 1.12 bits per heavy atom. The van der Waals surface area contributed by atoms with Crippen LogP contribution < -0.4 is 5.73 Å². The third kappa shape index (κ3) is 17.4. The summed E-state index contributed by atoms with van der Waals surface area (Å²) in [7, 11) is 1.45. The van der Waals surface area contributed by atoms with Crippen LogP contribution >= 0.6 is 0 Å². The van der Waals surface area contributed by atoms with Crippen LogP contribution in [0.1, 0.15) is 20.3 Å². The summed E-state index contributed by atoms with van der Waals surface area (Å²) in [6.45, 7) is 4.19. The van der Waals surface area contributed by atoms with Crippen molar-refractivity contribution in [1.82, 2.24) is 4.90 Å². The zero-order valence-electron chi connectivity index (χ0n) is 13.8. The van der Waals surface area contributed by atoms with Gasteiger partial charge in [0.05, 0.1) is 19.1 Å². The molecule has 1 atom stereocenters. The maximum absolute atomic E-state index is 11.2. The number of ether oxygens (including phenoxy) is 1. The standard InChI is InChI=1S/C10H20N2O4.C4H4O4/c1-7(2)6-16-9(14)4-8(13)5-12(3)10(11)15;5-3(6)1-2-4(7)8/h7-8,13H,4-6H2,1-3H3,(H2,11,15);1-2H,(H,5,6)(H,7,8)/b;2-1-. The van der Waals surface area contributed by atoms with E-state index >= 15 is 0 Å². The van der Waals surface area contributed by atoms with Crippen molar-refractivity contribution in [3.63, 3.8) is 0 Å². The molecule has 0 aliphatic rings. The molecule has 138 valence electrons. The number of aliphatic hydroxyl groups excluding tert-OH is 1. The number of carboxylic acids is 2. The molecule has 1 unspecified atom stereocenters. The average Bonchev–Trinajstić information content (AvgIpc) is 2.43. The van der Waals surface area contributed by atoms with Crippen molar-refractivity contribution in [3.8, 4) is 0 Å². The zero-order chi connectivity index (χ0) is 19.3. The summed E-state index contributed by atoms with van der Waals surface area (Å²) >= 11 is 0. The first kappa shape index (κ1) is 23.6. The lowest BCUT2D eigenvalue weighted by Crippen LogP contribution is -2.38. The van der Waals surface area contributed by atoms with Gasteiger partial charge >= 0.3 is 23.9 Å². The second-order valence-electron chi connectivity index (χ2n) is 5.16. The summed E-state index contributed by atoms with van der Waals surface area (Å²) in [5.41, 5.74) is 4.97. The van der Waals surface area contributed by atoms with Crippen molar-refractivity contribution in [2.75, 3.05) is 20.2 Å². The fourth-order valence-electron chi connectivity index (χ4n) is 1.12. The van der Waals surface area contributed by atoms with Crippen molar-refractivity contribution in [1.29, 1.82) is 0 Å². The van der Waals surface area contributed by atoms with E-state index in [1.54, 1.807) is 0 Å². The van der Waals surface area contributed by atoms with Crippen molar-refractivity contribution >= 4 is 23.9 Å². The fourth-order valence-corrected chi connectivity index (χ4v) is 1.12. The molecule has 0 saturated heterocycles. The van der Waals surface area contributed by atoms with Gasteiger partial charge in [-0.15, -0.1) is 0 Å². The summed E-state index contributed by atoms with van der Waals surface area (Å²) < 4.78 is 4.88. The van der Waals surface area contributed by atoms with E-state index in [4.69, 9.17) is 20.7 Å². The largest absolute Gasteiger partial charge is 0.478 e. The van der Waals surface area contributed by atoms with Gasteiger partial charge in [0.15, 0.2) is 0 Å². The highest BCUT2D eigenvalue weighted by molar-refractivity contribution is 5.89. The maximum Gasteiger partial charge on any atom is 0.328 e. The summed E-state index contributed by atoms with van der Waals surface area (Å²) in [4.78, 5) is 42.1. The number of nitrogens with two attached hydrogens (primary N) is 1. The van der Waals surface area contributed by atoms with Crippen LogP contribution in [-0.4, -0.2) is 70.5 Å². The summed E-state index contributed by atoms with van der Waals surface area (Å²) in [5, 5.41) is 25.1. The first-order valence-corrected chi connectivity index (χ1v) is 6.93. The Morgan fingerprint density at radius 3 is 1.92 bits per heavy atom. The number of likely N-dealkylation sites (N-methyl/N-ethyl adjacent to an activating group) is 1. The molecule has 0 heterocycles. The molecule has 0 aliphatic carbocycles. The SMILES string of the molecule is CC(C)COC(=O)CC(O)CN(C)C(N)=O.O=C(O)/C=C\C(=O)O. The van der Waals surface area contributed by atoms with Crippen LogP contribution in [-0.2, 0) is 19.1 Å². The van der Waals surface area contributed by atoms with Crippen molar-refractivity contribution in [2.24, 2.45) is 11.7 Å². The number of amides is 2. The van der Waals surface area contributed by atoms with E-state index < -0.39 is 30.0 Å². The first-order valence-electron chi connectivity index (χ1n) is 6.93. The highest BCUT2D eigenvalue weighted by atomic mass is 16.5. The molecule has 0 radical (unpaired) electrons. The molecule has 0 aromatic carbocycles. The second-order valence-corrected chi connectivity index (χ2v) is 5.16. The van der Waals surface area contributed by atoms with Gasteiger partial charge in [0.2, 0.25) is 0 Å². The number of carbonyl (C=O) groups is 4. The van der Waals surface area contributed by atoms with Crippen LogP contribution in [0.2, 0.25) is 0 Å². The molecule has 24 heavy (non-hydrogen) atoms. The van der Waals surface area contributed by atoms with Crippen LogP contribution in [0.3, 0.4) is 0 Å². The van der Waals surface area contributed by atoms with Crippen molar-refractivity contribution < 1.29 is 39.2 Å². The van der Waals surface area contributed by atoms with Gasteiger partial charge in [-0.3, -0.25) is 4.79 Å². The minimum Gasteiger partial charge on any atom is -0.478 e. The lowest BCUT2D eigenvalue weighted by atomic mass is 10.2. The van der Waals surface area contributed by atoms with E-state index in [2.05, 4.69) is 0 Å². The molecular formula is C14H24N2O8. The quantitative estimate of drug-likeness (QED) is 0.341. The molecule has 2 amide bonds. The smallest absolute Gasteiger partial charge is 0.328 e. The molecule has 10 heteroatoms. The molecule has 0 rings (SSSR count). The van der Waals surface area contributed by atoms with Gasteiger partial charge in [-0.2, -0.15) is 0 Å². The van der Waals surface area contributed by atoms with Gasteiger partial charge in [-0.25, -0.2) is 14.4 Å². The number of aliphatic hydroxyl groups is 1. The van der Waals surface area contributed by atoms with Crippen LogP contribution in [0.4, 0.5) is 4.79 Å². The number of carbonyl (C=O) groups excluding carboxylic acids is 2. The Kier molecular flexibility index (Phi) is 12.7. The predicted octanol–water partition coefficient (Wildman–Crippen LogP) is -0.341. The van der Waals surface area contributed by atoms with Crippen LogP contribution in [0.5, 0.6) is 0 Å². The summed E-state index contributed by atoms with van der Waals surface area (Å²) in [5.74, 6) is -2.73. The normalized spacial score (nSPS) is 11.4. The molecule has 0 aromatic rings. The lowest BCUT2D eigenvalue weighted by Gasteiger charge is -2.18. The van der Waals surface area contributed by atoms with Crippen LogP contribution in [0.15, 0.2) is 12.2 Å². The van der Waals surface area contributed by atoms with Crippen LogP contribution in [0, 0.1) is 5.92 Å². The molecule has 0 aliphatic heterocycles. The summed E-state index contributed by atoms with van der Waals surface area (Å²) in [6.07, 6.45) is 0.0341. The number of primary amides is 1. The molecule has 0 fully saturated rings. The third-order valence-corrected chi connectivity index (χ3v) is 2.21. The van der Waals surface area contributed by atoms with Gasteiger partial charge in [-0.05, 0) is 5.92 Å². The Hall–Kier alpha value is -2.62.